The third kappa shape index (κ3) is 4.34. The minimum Gasteiger partial charge on any atom is -0.456 e. The fourth-order valence-electron chi connectivity index (χ4n) is 3.53. The molecule has 0 spiro atoms. The number of hydrogen-bond donors (Lipinski definition) is 1. The molecule has 0 atom stereocenters. The van der Waals surface area contributed by atoms with Crippen molar-refractivity contribution in [2.75, 3.05) is 13.4 Å². The lowest BCUT2D eigenvalue weighted by molar-refractivity contribution is -0.143. The van der Waals surface area contributed by atoms with E-state index in [9.17, 15) is 19.2 Å². The molecule has 1 aromatic carbocycles. The second-order valence-electron chi connectivity index (χ2n) is 7.38. The molecule has 10 heteroatoms. The molecule has 0 aliphatic carbocycles. The lowest BCUT2D eigenvalue weighted by Crippen LogP contribution is -2.31. The summed E-state index contributed by atoms with van der Waals surface area (Å²) < 4.78 is 18.8. The van der Waals surface area contributed by atoms with Crippen molar-refractivity contribution in [3.63, 3.8) is 0 Å². The molecular formula is C22H21N3O7. The molecule has 2 aromatic heterocycles. The molecule has 0 saturated carbocycles. The normalized spacial score (nSPS) is 12.1. The number of carbonyl (C=O) groups is 2. The van der Waals surface area contributed by atoms with Gasteiger partial charge in [-0.05, 0) is 37.6 Å². The molecule has 1 aliphatic rings. The van der Waals surface area contributed by atoms with Crippen LogP contribution in [0.5, 0.6) is 11.5 Å². The smallest absolute Gasteiger partial charge is 0.328 e. The van der Waals surface area contributed by atoms with E-state index in [-0.39, 0.29) is 12.6 Å². The number of hydrogen-bond acceptors (Lipinski definition) is 7. The van der Waals surface area contributed by atoms with E-state index in [0.717, 1.165) is 27.6 Å². The fraction of sp³-hybridized carbons (Fsp3) is 0.273. The van der Waals surface area contributed by atoms with Crippen molar-refractivity contribution in [2.45, 2.75) is 26.9 Å². The molecule has 0 unspecified atom stereocenters. The van der Waals surface area contributed by atoms with Crippen LogP contribution in [0.3, 0.4) is 0 Å². The van der Waals surface area contributed by atoms with Crippen LogP contribution in [0.15, 0.2) is 46.1 Å². The van der Waals surface area contributed by atoms with E-state index >= 15 is 0 Å². The van der Waals surface area contributed by atoms with Crippen LogP contribution in [0.25, 0.3) is 0 Å². The highest BCUT2D eigenvalue weighted by atomic mass is 16.7. The molecule has 4 rings (SSSR count). The number of fused-ring (bicyclic) bond motifs is 1. The Balaban J connectivity index is 1.41. The largest absolute Gasteiger partial charge is 0.456 e. The molecule has 0 fully saturated rings. The number of nitrogens with zero attached hydrogens (tertiary/aromatic N) is 2. The molecule has 0 amide bonds. The van der Waals surface area contributed by atoms with Gasteiger partial charge in [0.25, 0.3) is 5.56 Å². The number of rotatable bonds is 7. The number of Topliss-reactive ketones (excluding diaryl/α,β-unsaturated/α-hetero) is 1. The summed E-state index contributed by atoms with van der Waals surface area (Å²) in [6.45, 7) is 3.60. The van der Waals surface area contributed by atoms with Crippen molar-refractivity contribution >= 4 is 11.8 Å². The van der Waals surface area contributed by atoms with Crippen LogP contribution >= 0.6 is 0 Å². The molecular weight excluding hydrogens is 418 g/mol. The minimum atomic E-state index is -0.762. The van der Waals surface area contributed by atoms with Crippen LogP contribution in [-0.2, 0) is 22.6 Å². The Labute approximate surface area is 182 Å². The second-order valence-corrected chi connectivity index (χ2v) is 7.38. The van der Waals surface area contributed by atoms with Gasteiger partial charge in [0.05, 0.1) is 0 Å². The summed E-state index contributed by atoms with van der Waals surface area (Å²) in [6, 6.07) is 8.57. The number of H-pyrrole nitrogens is 1. The van der Waals surface area contributed by atoms with Crippen LogP contribution < -0.4 is 20.7 Å². The second kappa shape index (κ2) is 8.58. The molecule has 3 aromatic rings. The molecule has 1 N–H and O–H groups in total. The zero-order valence-electron chi connectivity index (χ0n) is 17.5. The summed E-state index contributed by atoms with van der Waals surface area (Å²) in [4.78, 5) is 49.5. The lowest BCUT2D eigenvalue weighted by Gasteiger charge is -2.11. The first-order chi connectivity index (χ1) is 15.3. The van der Waals surface area contributed by atoms with Gasteiger partial charge >= 0.3 is 11.7 Å². The first kappa shape index (κ1) is 21.2. The van der Waals surface area contributed by atoms with Gasteiger partial charge in [-0.25, -0.2) is 4.79 Å². The average molecular weight is 439 g/mol. The Morgan fingerprint density at radius 3 is 2.66 bits per heavy atom. The molecule has 3 heterocycles. The van der Waals surface area contributed by atoms with Crippen molar-refractivity contribution in [1.82, 2.24) is 14.1 Å². The third-order valence-electron chi connectivity index (χ3n) is 5.21. The maximum absolute atomic E-state index is 12.7. The van der Waals surface area contributed by atoms with E-state index in [1.54, 1.807) is 6.07 Å². The third-order valence-corrected chi connectivity index (χ3v) is 5.21. The van der Waals surface area contributed by atoms with Gasteiger partial charge in [-0.1, -0.05) is 6.07 Å². The SMILES string of the molecule is Cc1cc(C(=O)COC(=O)Cn2ccc(=O)[nH]c2=O)c(C)n1Cc1ccc2c(c1)OCO2. The highest BCUT2D eigenvalue weighted by Crippen LogP contribution is 2.33. The van der Waals surface area contributed by atoms with Gasteiger partial charge in [0.1, 0.15) is 6.54 Å². The van der Waals surface area contributed by atoms with E-state index in [1.807, 2.05) is 41.6 Å². The van der Waals surface area contributed by atoms with Gasteiger partial charge in [0.15, 0.2) is 18.1 Å². The van der Waals surface area contributed by atoms with Gasteiger partial charge in [-0.15, -0.1) is 0 Å². The van der Waals surface area contributed by atoms with E-state index in [1.165, 1.54) is 6.20 Å². The number of aromatic nitrogens is 3. The van der Waals surface area contributed by atoms with Crippen LogP contribution in [0.4, 0.5) is 0 Å². The van der Waals surface area contributed by atoms with E-state index in [4.69, 9.17) is 14.2 Å². The number of aromatic amines is 1. The van der Waals surface area contributed by atoms with Gasteiger partial charge in [0, 0.05) is 35.8 Å². The summed E-state index contributed by atoms with van der Waals surface area (Å²) >= 11 is 0. The number of benzene rings is 1. The van der Waals surface area contributed by atoms with Crippen LogP contribution in [-0.4, -0.2) is 39.3 Å². The Morgan fingerprint density at radius 1 is 1.09 bits per heavy atom. The van der Waals surface area contributed by atoms with Crippen molar-refractivity contribution in [3.05, 3.63) is 79.9 Å². The Bertz CT molecular complexity index is 1320. The van der Waals surface area contributed by atoms with Crippen molar-refractivity contribution in [3.8, 4) is 11.5 Å². The minimum absolute atomic E-state index is 0.203. The maximum Gasteiger partial charge on any atom is 0.328 e. The summed E-state index contributed by atoms with van der Waals surface area (Å²) in [6.07, 6.45) is 1.19. The highest BCUT2D eigenvalue weighted by molar-refractivity contribution is 5.99. The Hall–Kier alpha value is -4.08. The highest BCUT2D eigenvalue weighted by Gasteiger charge is 2.19. The first-order valence-electron chi connectivity index (χ1n) is 9.85. The molecule has 1 aliphatic heterocycles. The number of nitrogens with one attached hydrogen (secondary N) is 1. The van der Waals surface area contributed by atoms with Gasteiger partial charge < -0.3 is 18.8 Å². The van der Waals surface area contributed by atoms with E-state index in [2.05, 4.69) is 0 Å². The van der Waals surface area contributed by atoms with E-state index < -0.39 is 30.4 Å². The van der Waals surface area contributed by atoms with Crippen molar-refractivity contribution in [1.29, 1.82) is 0 Å². The average Bonchev–Trinajstić information content (AvgIpc) is 3.33. The van der Waals surface area contributed by atoms with Gasteiger partial charge in [-0.2, -0.15) is 0 Å². The van der Waals surface area contributed by atoms with E-state index in [0.29, 0.717) is 23.6 Å². The quantitative estimate of drug-likeness (QED) is 0.433. The number of carbonyl (C=O) groups excluding carboxylic acids is 2. The van der Waals surface area contributed by atoms with Gasteiger partial charge in [0.2, 0.25) is 12.6 Å². The standard InChI is InChI=1S/C22H21N3O7/c1-13-7-16(14(2)25(13)9-15-3-4-18-19(8-15)32-12-31-18)17(26)11-30-21(28)10-24-6-5-20(27)23-22(24)29/h3-8H,9-12H2,1-2H3,(H,23,27,29). The number of ketones is 1. The molecule has 0 saturated heterocycles. The van der Waals surface area contributed by atoms with Gasteiger partial charge in [-0.3, -0.25) is 23.9 Å². The van der Waals surface area contributed by atoms with Crippen LogP contribution in [0.1, 0.15) is 27.3 Å². The number of ether oxygens (including phenoxy) is 3. The predicted octanol–water partition coefficient (Wildman–Crippen LogP) is 1.16. The maximum atomic E-state index is 12.7. The monoisotopic (exact) mass is 439 g/mol. The zero-order chi connectivity index (χ0) is 22.8. The summed E-state index contributed by atoms with van der Waals surface area (Å²) in [5.74, 6) is 0.283. The fourth-order valence-corrected chi connectivity index (χ4v) is 3.53. The summed E-state index contributed by atoms with van der Waals surface area (Å²) in [5.41, 5.74) is 1.79. The van der Waals surface area contributed by atoms with Crippen molar-refractivity contribution in [2.24, 2.45) is 0 Å². The molecule has 32 heavy (non-hydrogen) atoms. The number of aryl methyl sites for hydroxylation is 1. The predicted molar refractivity (Wildman–Crippen MR) is 112 cm³/mol. The first-order valence-corrected chi connectivity index (χ1v) is 9.85. The summed E-state index contributed by atoms with van der Waals surface area (Å²) in [5, 5.41) is 0. The van der Waals surface area contributed by atoms with Crippen LogP contribution in [0, 0.1) is 13.8 Å². The molecule has 10 nitrogen and oxygen atoms in total. The van der Waals surface area contributed by atoms with Crippen molar-refractivity contribution < 1.29 is 23.8 Å². The topological polar surface area (TPSA) is 122 Å². The Kier molecular flexibility index (Phi) is 5.67. The number of esters is 1. The zero-order valence-corrected chi connectivity index (χ0v) is 17.5. The Morgan fingerprint density at radius 2 is 1.88 bits per heavy atom. The summed E-state index contributed by atoms with van der Waals surface area (Å²) in [7, 11) is 0. The van der Waals surface area contributed by atoms with Crippen LogP contribution in [0.2, 0.25) is 0 Å². The lowest BCUT2D eigenvalue weighted by atomic mass is 10.1. The molecule has 166 valence electrons. The molecule has 0 radical (unpaired) electrons. The molecule has 0 bridgehead atoms.